The van der Waals surface area contributed by atoms with Crippen molar-refractivity contribution in [1.82, 2.24) is 4.98 Å². The highest BCUT2D eigenvalue weighted by Crippen LogP contribution is 2.39. The number of aromatic nitrogens is 1. The first-order chi connectivity index (χ1) is 7.36. The van der Waals surface area contributed by atoms with E-state index < -0.39 is 0 Å². The van der Waals surface area contributed by atoms with Crippen molar-refractivity contribution in [2.75, 3.05) is 11.4 Å². The van der Waals surface area contributed by atoms with Crippen LogP contribution < -0.4 is 4.90 Å². The van der Waals surface area contributed by atoms with Gasteiger partial charge in [-0.25, -0.2) is 4.98 Å². The SMILES string of the molecule is ClCc1ccnc(N2CC3CCC2C3)c1. The third-order valence-corrected chi connectivity index (χ3v) is 3.98. The average molecular weight is 223 g/mol. The summed E-state index contributed by atoms with van der Waals surface area (Å²) in [5.41, 5.74) is 1.17. The van der Waals surface area contributed by atoms with Crippen LogP contribution in [0.15, 0.2) is 18.3 Å². The Kier molecular flexibility index (Phi) is 2.32. The van der Waals surface area contributed by atoms with Crippen molar-refractivity contribution in [3.05, 3.63) is 23.9 Å². The molecule has 3 heteroatoms. The zero-order chi connectivity index (χ0) is 10.3. The minimum absolute atomic E-state index is 0.581. The molecule has 2 bridgehead atoms. The van der Waals surface area contributed by atoms with Crippen LogP contribution in [-0.2, 0) is 5.88 Å². The van der Waals surface area contributed by atoms with Gasteiger partial charge in [0, 0.05) is 24.7 Å². The summed E-state index contributed by atoms with van der Waals surface area (Å²) in [6.07, 6.45) is 6.00. The van der Waals surface area contributed by atoms with Gasteiger partial charge in [-0.05, 0) is 42.9 Å². The summed E-state index contributed by atoms with van der Waals surface area (Å²) in [4.78, 5) is 6.92. The summed E-state index contributed by atoms with van der Waals surface area (Å²) in [6.45, 7) is 1.20. The standard InChI is InChI=1S/C12H15ClN2/c13-7-9-3-4-14-12(6-9)15-8-10-1-2-11(15)5-10/h3-4,6,10-11H,1-2,5,7-8H2. The zero-order valence-corrected chi connectivity index (χ0v) is 9.45. The summed E-state index contributed by atoms with van der Waals surface area (Å²) >= 11 is 5.84. The highest BCUT2D eigenvalue weighted by atomic mass is 35.5. The number of hydrogen-bond donors (Lipinski definition) is 0. The van der Waals surface area contributed by atoms with Crippen LogP contribution >= 0.6 is 11.6 Å². The third-order valence-electron chi connectivity index (χ3n) is 3.67. The van der Waals surface area contributed by atoms with Gasteiger partial charge in [-0.15, -0.1) is 11.6 Å². The molecule has 0 aromatic carbocycles. The summed E-state index contributed by atoms with van der Waals surface area (Å²) in [5.74, 6) is 2.62. The normalized spacial score (nSPS) is 28.7. The molecule has 1 saturated heterocycles. The number of rotatable bonds is 2. The van der Waals surface area contributed by atoms with Crippen LogP contribution in [0.25, 0.3) is 0 Å². The Morgan fingerprint density at radius 1 is 1.47 bits per heavy atom. The van der Waals surface area contributed by atoms with E-state index >= 15 is 0 Å². The molecule has 1 aromatic heterocycles. The number of nitrogens with zero attached hydrogens (tertiary/aromatic N) is 2. The molecule has 2 atom stereocenters. The van der Waals surface area contributed by atoms with Crippen LogP contribution in [0, 0.1) is 5.92 Å². The van der Waals surface area contributed by atoms with E-state index in [1.807, 2.05) is 12.3 Å². The topological polar surface area (TPSA) is 16.1 Å². The molecule has 0 spiro atoms. The van der Waals surface area contributed by atoms with Crippen molar-refractivity contribution in [2.45, 2.75) is 31.2 Å². The first kappa shape index (κ1) is 9.46. The maximum absolute atomic E-state index is 5.84. The number of alkyl halides is 1. The second kappa shape index (κ2) is 3.67. The van der Waals surface area contributed by atoms with Crippen LogP contribution in [0.3, 0.4) is 0 Å². The smallest absolute Gasteiger partial charge is 0.129 e. The predicted molar refractivity (Wildman–Crippen MR) is 62.3 cm³/mol. The van der Waals surface area contributed by atoms with Gasteiger partial charge >= 0.3 is 0 Å². The molecular formula is C12H15ClN2. The molecule has 0 N–H and O–H groups in total. The zero-order valence-electron chi connectivity index (χ0n) is 8.69. The molecule has 2 fully saturated rings. The maximum atomic E-state index is 5.84. The van der Waals surface area contributed by atoms with E-state index in [-0.39, 0.29) is 0 Å². The number of halogens is 1. The second-order valence-electron chi connectivity index (χ2n) is 4.64. The van der Waals surface area contributed by atoms with Crippen molar-refractivity contribution >= 4 is 17.4 Å². The summed E-state index contributed by atoms with van der Waals surface area (Å²) in [7, 11) is 0. The third kappa shape index (κ3) is 1.61. The fourth-order valence-electron chi connectivity index (χ4n) is 2.91. The van der Waals surface area contributed by atoms with E-state index in [0.29, 0.717) is 5.88 Å². The minimum Gasteiger partial charge on any atom is -0.353 e. The van der Waals surface area contributed by atoms with Gasteiger partial charge in [-0.2, -0.15) is 0 Å². The predicted octanol–water partition coefficient (Wildman–Crippen LogP) is 2.81. The fraction of sp³-hybridized carbons (Fsp3) is 0.583. The highest BCUT2D eigenvalue weighted by Gasteiger charge is 2.38. The largest absolute Gasteiger partial charge is 0.353 e. The number of pyridine rings is 1. The van der Waals surface area contributed by atoms with Crippen molar-refractivity contribution in [2.24, 2.45) is 5.92 Å². The van der Waals surface area contributed by atoms with E-state index in [1.54, 1.807) is 0 Å². The Bertz CT molecular complexity index is 366. The molecule has 1 aliphatic heterocycles. The Morgan fingerprint density at radius 3 is 3.07 bits per heavy atom. The monoisotopic (exact) mass is 222 g/mol. The first-order valence-electron chi connectivity index (χ1n) is 5.64. The van der Waals surface area contributed by atoms with Crippen molar-refractivity contribution < 1.29 is 0 Å². The molecule has 1 aromatic rings. The van der Waals surface area contributed by atoms with Crippen LogP contribution in [-0.4, -0.2) is 17.6 Å². The van der Waals surface area contributed by atoms with E-state index in [1.165, 1.54) is 31.4 Å². The Balaban J connectivity index is 1.86. The van der Waals surface area contributed by atoms with Gasteiger partial charge in [-0.3, -0.25) is 0 Å². The lowest BCUT2D eigenvalue weighted by molar-refractivity contribution is 0.550. The minimum atomic E-state index is 0.581. The van der Waals surface area contributed by atoms with Crippen molar-refractivity contribution in [3.8, 4) is 0 Å². The lowest BCUT2D eigenvalue weighted by Crippen LogP contribution is -2.32. The molecule has 15 heavy (non-hydrogen) atoms. The number of piperidine rings is 1. The quantitative estimate of drug-likeness (QED) is 0.716. The van der Waals surface area contributed by atoms with Gasteiger partial charge in [0.2, 0.25) is 0 Å². The number of hydrogen-bond acceptors (Lipinski definition) is 2. The summed E-state index contributed by atoms with van der Waals surface area (Å²) in [5, 5.41) is 0. The molecule has 3 rings (SSSR count). The fourth-order valence-corrected chi connectivity index (χ4v) is 3.07. The Morgan fingerprint density at radius 2 is 2.40 bits per heavy atom. The molecule has 2 aliphatic rings. The van der Waals surface area contributed by atoms with Gasteiger partial charge < -0.3 is 4.90 Å². The van der Waals surface area contributed by atoms with Crippen molar-refractivity contribution in [1.29, 1.82) is 0 Å². The maximum Gasteiger partial charge on any atom is 0.129 e. The molecule has 80 valence electrons. The van der Waals surface area contributed by atoms with Crippen LogP contribution in [0.1, 0.15) is 24.8 Å². The van der Waals surface area contributed by atoms with Gasteiger partial charge in [0.25, 0.3) is 0 Å². The Hall–Kier alpha value is -0.760. The molecule has 2 unspecified atom stereocenters. The van der Waals surface area contributed by atoms with E-state index in [9.17, 15) is 0 Å². The molecule has 2 heterocycles. The van der Waals surface area contributed by atoms with Crippen LogP contribution in [0.5, 0.6) is 0 Å². The van der Waals surface area contributed by atoms with Gasteiger partial charge in [-0.1, -0.05) is 0 Å². The van der Waals surface area contributed by atoms with Gasteiger partial charge in [0.05, 0.1) is 0 Å². The van der Waals surface area contributed by atoms with E-state index in [0.717, 1.165) is 17.8 Å². The van der Waals surface area contributed by atoms with Crippen LogP contribution in [0.2, 0.25) is 0 Å². The Labute approximate surface area is 95.3 Å². The van der Waals surface area contributed by atoms with Crippen molar-refractivity contribution in [3.63, 3.8) is 0 Å². The molecule has 2 nitrogen and oxygen atoms in total. The highest BCUT2D eigenvalue weighted by molar-refractivity contribution is 6.17. The molecule has 0 radical (unpaired) electrons. The van der Waals surface area contributed by atoms with Gasteiger partial charge in [0.1, 0.15) is 5.82 Å². The summed E-state index contributed by atoms with van der Waals surface area (Å²) in [6, 6.07) is 4.87. The lowest BCUT2D eigenvalue weighted by atomic mass is 10.1. The van der Waals surface area contributed by atoms with Crippen LogP contribution in [0.4, 0.5) is 5.82 Å². The summed E-state index contributed by atoms with van der Waals surface area (Å²) < 4.78 is 0. The number of fused-ring (bicyclic) bond motifs is 2. The molecule has 0 amide bonds. The van der Waals surface area contributed by atoms with Gasteiger partial charge in [0.15, 0.2) is 0 Å². The molecule has 1 saturated carbocycles. The first-order valence-corrected chi connectivity index (χ1v) is 6.18. The lowest BCUT2D eigenvalue weighted by Gasteiger charge is -2.28. The van der Waals surface area contributed by atoms with E-state index in [2.05, 4.69) is 16.0 Å². The molecular weight excluding hydrogens is 208 g/mol. The number of anilines is 1. The molecule has 1 aliphatic carbocycles. The second-order valence-corrected chi connectivity index (χ2v) is 4.91. The average Bonchev–Trinajstić information content (AvgIpc) is 2.91. The van der Waals surface area contributed by atoms with E-state index in [4.69, 9.17) is 11.6 Å².